The summed E-state index contributed by atoms with van der Waals surface area (Å²) in [6, 6.07) is 3.65. The minimum absolute atomic E-state index is 0.0469. The zero-order valence-electron chi connectivity index (χ0n) is 8.95. The van der Waals surface area contributed by atoms with Crippen LogP contribution in [0.15, 0.2) is 22.8 Å². The van der Waals surface area contributed by atoms with E-state index in [9.17, 15) is 9.59 Å². The lowest BCUT2D eigenvalue weighted by atomic mass is 10.1. The molecule has 3 nitrogen and oxygen atoms in total. The van der Waals surface area contributed by atoms with E-state index in [0.29, 0.717) is 11.3 Å². The van der Waals surface area contributed by atoms with Gasteiger partial charge >= 0.3 is 0 Å². The van der Waals surface area contributed by atoms with Crippen LogP contribution in [0.1, 0.15) is 33.3 Å². The number of aldehydes is 1. The molecule has 4 heteroatoms. The van der Waals surface area contributed by atoms with Gasteiger partial charge in [0.15, 0.2) is 5.78 Å². The lowest BCUT2D eigenvalue weighted by molar-refractivity contribution is 0.101. The van der Waals surface area contributed by atoms with Crippen molar-refractivity contribution in [3.8, 4) is 0 Å². The molecule has 0 amide bonds. The highest BCUT2D eigenvalue weighted by molar-refractivity contribution is 9.10. The standard InChI is InChI=1S/C12H10BrNO2/c1-7-9(6-15)3-11-4-10(13)5-14(11)12(7)8(2)16/h3-6H,1-2H3. The van der Waals surface area contributed by atoms with Gasteiger partial charge in [0.2, 0.25) is 0 Å². The summed E-state index contributed by atoms with van der Waals surface area (Å²) in [5.41, 5.74) is 2.68. The van der Waals surface area contributed by atoms with E-state index in [1.165, 1.54) is 6.92 Å². The first kappa shape index (κ1) is 11.1. The molecule has 0 radical (unpaired) electrons. The lowest BCUT2D eigenvalue weighted by Crippen LogP contribution is -2.07. The largest absolute Gasteiger partial charge is 0.313 e. The van der Waals surface area contributed by atoms with Gasteiger partial charge in [0.05, 0.1) is 5.69 Å². The summed E-state index contributed by atoms with van der Waals surface area (Å²) in [6.45, 7) is 3.29. The maximum Gasteiger partial charge on any atom is 0.176 e. The van der Waals surface area contributed by atoms with Gasteiger partial charge in [-0.15, -0.1) is 0 Å². The summed E-state index contributed by atoms with van der Waals surface area (Å²) in [5.74, 6) is -0.0469. The van der Waals surface area contributed by atoms with E-state index >= 15 is 0 Å². The highest BCUT2D eigenvalue weighted by atomic mass is 79.9. The number of halogens is 1. The molecular weight excluding hydrogens is 270 g/mol. The minimum Gasteiger partial charge on any atom is -0.313 e. The van der Waals surface area contributed by atoms with Gasteiger partial charge in [-0.05, 0) is 40.5 Å². The number of hydrogen-bond acceptors (Lipinski definition) is 2. The van der Waals surface area contributed by atoms with Gasteiger partial charge in [-0.2, -0.15) is 0 Å². The third kappa shape index (κ3) is 1.59. The Morgan fingerprint density at radius 3 is 2.69 bits per heavy atom. The van der Waals surface area contributed by atoms with Gasteiger partial charge in [-0.3, -0.25) is 9.59 Å². The average Bonchev–Trinajstić information content (AvgIpc) is 2.56. The van der Waals surface area contributed by atoms with Crippen molar-refractivity contribution >= 4 is 33.5 Å². The molecule has 16 heavy (non-hydrogen) atoms. The number of carbonyl (C=O) groups excluding carboxylic acids is 2. The monoisotopic (exact) mass is 279 g/mol. The van der Waals surface area contributed by atoms with Crippen molar-refractivity contribution in [3.05, 3.63) is 39.6 Å². The molecule has 0 aromatic carbocycles. The van der Waals surface area contributed by atoms with Crippen LogP contribution in [0.4, 0.5) is 0 Å². The topological polar surface area (TPSA) is 38.5 Å². The van der Waals surface area contributed by atoms with Crippen molar-refractivity contribution in [3.63, 3.8) is 0 Å². The molecule has 0 saturated carbocycles. The molecule has 0 bridgehead atoms. The molecule has 2 aromatic heterocycles. The van der Waals surface area contributed by atoms with Gasteiger partial charge in [-0.25, -0.2) is 0 Å². The number of ketones is 1. The highest BCUT2D eigenvalue weighted by Crippen LogP contribution is 2.22. The van der Waals surface area contributed by atoms with Crippen LogP contribution >= 0.6 is 15.9 Å². The van der Waals surface area contributed by atoms with Crippen molar-refractivity contribution in [2.24, 2.45) is 0 Å². The number of carbonyl (C=O) groups is 2. The second kappa shape index (κ2) is 3.87. The second-order valence-electron chi connectivity index (χ2n) is 3.70. The zero-order valence-corrected chi connectivity index (χ0v) is 10.5. The molecule has 2 aromatic rings. The van der Waals surface area contributed by atoms with Crippen LogP contribution in [0, 0.1) is 6.92 Å². The van der Waals surface area contributed by atoms with Crippen molar-refractivity contribution in [2.75, 3.05) is 0 Å². The Morgan fingerprint density at radius 2 is 2.12 bits per heavy atom. The molecule has 82 valence electrons. The number of fused-ring (bicyclic) bond motifs is 1. The fourth-order valence-electron chi connectivity index (χ4n) is 1.89. The Morgan fingerprint density at radius 1 is 1.44 bits per heavy atom. The molecule has 0 aliphatic carbocycles. The van der Waals surface area contributed by atoms with E-state index < -0.39 is 0 Å². The predicted molar refractivity (Wildman–Crippen MR) is 65.2 cm³/mol. The molecule has 0 aliphatic rings. The Balaban J connectivity index is 2.95. The third-order valence-corrected chi connectivity index (χ3v) is 3.04. The molecule has 0 atom stereocenters. The van der Waals surface area contributed by atoms with Crippen molar-refractivity contribution in [2.45, 2.75) is 13.8 Å². The van der Waals surface area contributed by atoms with Crippen molar-refractivity contribution in [1.29, 1.82) is 0 Å². The molecule has 0 spiro atoms. The van der Waals surface area contributed by atoms with E-state index in [1.54, 1.807) is 17.4 Å². The fraction of sp³-hybridized carbons (Fsp3) is 0.167. The van der Waals surface area contributed by atoms with Crippen LogP contribution in [0.2, 0.25) is 0 Å². The van der Waals surface area contributed by atoms with E-state index in [0.717, 1.165) is 21.8 Å². The molecular formula is C12H10BrNO2. The van der Waals surface area contributed by atoms with Crippen LogP contribution in [-0.4, -0.2) is 16.5 Å². The summed E-state index contributed by atoms with van der Waals surface area (Å²) in [5, 5.41) is 0. The molecule has 0 saturated heterocycles. The van der Waals surface area contributed by atoms with Crippen LogP contribution < -0.4 is 0 Å². The Kier molecular flexibility index (Phi) is 2.68. The maximum atomic E-state index is 11.6. The number of rotatable bonds is 2. The van der Waals surface area contributed by atoms with Gasteiger partial charge in [0.1, 0.15) is 6.29 Å². The van der Waals surface area contributed by atoms with Crippen molar-refractivity contribution in [1.82, 2.24) is 4.40 Å². The summed E-state index contributed by atoms with van der Waals surface area (Å²) in [6.07, 6.45) is 2.61. The Labute approximate surface area is 101 Å². The summed E-state index contributed by atoms with van der Waals surface area (Å²) in [7, 11) is 0. The first-order valence-electron chi connectivity index (χ1n) is 4.82. The highest BCUT2D eigenvalue weighted by Gasteiger charge is 2.13. The molecule has 0 unspecified atom stereocenters. The first-order chi connectivity index (χ1) is 7.54. The summed E-state index contributed by atoms with van der Waals surface area (Å²) >= 11 is 3.36. The molecule has 0 N–H and O–H groups in total. The van der Waals surface area contributed by atoms with Gasteiger partial charge in [0, 0.05) is 28.7 Å². The molecule has 2 heterocycles. The van der Waals surface area contributed by atoms with Gasteiger partial charge in [0.25, 0.3) is 0 Å². The van der Waals surface area contributed by atoms with Gasteiger partial charge < -0.3 is 4.40 Å². The smallest absolute Gasteiger partial charge is 0.176 e. The summed E-state index contributed by atoms with van der Waals surface area (Å²) in [4.78, 5) is 22.5. The number of pyridine rings is 1. The number of aromatic nitrogens is 1. The van der Waals surface area contributed by atoms with Crippen LogP contribution in [-0.2, 0) is 0 Å². The molecule has 0 aliphatic heterocycles. The van der Waals surface area contributed by atoms with Crippen LogP contribution in [0.3, 0.4) is 0 Å². The minimum atomic E-state index is -0.0469. The van der Waals surface area contributed by atoms with E-state index in [2.05, 4.69) is 15.9 Å². The predicted octanol–water partition coefficient (Wildman–Crippen LogP) is 3.03. The lowest BCUT2D eigenvalue weighted by Gasteiger charge is -2.08. The Hall–Kier alpha value is -1.42. The zero-order chi connectivity index (χ0) is 11.9. The number of Topliss-reactive ketones (excluding diaryl/α,β-unsaturated/α-hetero) is 1. The van der Waals surface area contributed by atoms with E-state index in [1.807, 2.05) is 12.3 Å². The van der Waals surface area contributed by atoms with E-state index in [4.69, 9.17) is 0 Å². The number of hydrogen-bond donors (Lipinski definition) is 0. The first-order valence-corrected chi connectivity index (χ1v) is 5.61. The van der Waals surface area contributed by atoms with Crippen molar-refractivity contribution < 1.29 is 9.59 Å². The molecule has 0 fully saturated rings. The Bertz CT molecular complexity index is 599. The molecule has 2 rings (SSSR count). The third-order valence-electron chi connectivity index (χ3n) is 2.61. The SMILES string of the molecule is CC(=O)c1c(C)c(C=O)cc2cc(Br)cn12. The summed E-state index contributed by atoms with van der Waals surface area (Å²) < 4.78 is 2.69. The van der Waals surface area contributed by atoms with Gasteiger partial charge in [-0.1, -0.05) is 0 Å². The normalized spacial score (nSPS) is 10.7. The quantitative estimate of drug-likeness (QED) is 0.626. The maximum absolute atomic E-state index is 11.6. The number of nitrogens with zero attached hydrogens (tertiary/aromatic N) is 1. The van der Waals surface area contributed by atoms with Crippen LogP contribution in [0.25, 0.3) is 5.52 Å². The fourth-order valence-corrected chi connectivity index (χ4v) is 2.33. The van der Waals surface area contributed by atoms with E-state index in [-0.39, 0.29) is 5.78 Å². The average molecular weight is 280 g/mol. The second-order valence-corrected chi connectivity index (χ2v) is 4.62. The van der Waals surface area contributed by atoms with Crippen LogP contribution in [0.5, 0.6) is 0 Å².